The highest BCUT2D eigenvalue weighted by Crippen LogP contribution is 2.64. The average molecular weight is 530 g/mol. The zero-order valence-corrected chi connectivity index (χ0v) is 14.0. The molecular weight excluding hydrogens is 527 g/mol. The van der Waals surface area contributed by atoms with Crippen LogP contribution < -0.4 is 0 Å². The van der Waals surface area contributed by atoms with Gasteiger partial charge in [-0.25, -0.2) is 4.39 Å². The summed E-state index contributed by atoms with van der Waals surface area (Å²) in [6.45, 7) is -3.21. The van der Waals surface area contributed by atoms with Crippen LogP contribution in [0.2, 0.25) is 0 Å². The maximum absolute atomic E-state index is 13.2. The molecule has 0 radical (unpaired) electrons. The quantitative estimate of drug-likeness (QED) is 0.326. The Labute approximate surface area is 157 Å². The number of hydrogen-bond donors (Lipinski definition) is 1. The zero-order chi connectivity index (χ0) is 25.9. The molecule has 22 heteroatoms. The fourth-order valence-corrected chi connectivity index (χ4v) is 1.93. The van der Waals surface area contributed by atoms with Crippen molar-refractivity contribution in [2.24, 2.45) is 0 Å². The van der Waals surface area contributed by atoms with Crippen molar-refractivity contribution in [2.45, 2.75) is 46.9 Å². The first-order chi connectivity index (χ1) is 13.1. The Morgan fingerprint density at radius 1 is 0.548 bits per heavy atom. The van der Waals surface area contributed by atoms with Gasteiger partial charge in [-0.1, -0.05) is 0 Å². The van der Waals surface area contributed by atoms with Gasteiger partial charge in [-0.05, 0) is 0 Å². The summed E-state index contributed by atoms with van der Waals surface area (Å²) in [6.07, 6.45) is -7.21. The third-order valence-corrected chi connectivity index (χ3v) is 4.17. The van der Waals surface area contributed by atoms with Gasteiger partial charge >= 0.3 is 57.0 Å². The van der Waals surface area contributed by atoms with Gasteiger partial charge in [0, 0.05) is 0 Å². The molecule has 4 nitrogen and oxygen atoms in total. The first kappa shape index (κ1) is 29.7. The normalized spacial score (nSPS) is 16.6. The minimum absolute atomic E-state index is 1.96. The third-order valence-electron chi connectivity index (χ3n) is 3.26. The molecular formula is C9H3F17O4S. The zero-order valence-electron chi connectivity index (χ0n) is 13.2. The van der Waals surface area contributed by atoms with Gasteiger partial charge in [0.2, 0.25) is 0 Å². The van der Waals surface area contributed by atoms with Crippen LogP contribution in [0.1, 0.15) is 0 Å². The first-order valence-corrected chi connectivity index (χ1v) is 7.69. The molecule has 0 bridgehead atoms. The van der Waals surface area contributed by atoms with E-state index in [1.165, 1.54) is 0 Å². The molecule has 0 aromatic carbocycles. The smallest absolute Gasteiger partial charge is 0.283 e. The molecule has 0 unspecified atom stereocenters. The summed E-state index contributed by atoms with van der Waals surface area (Å²) in [5, 5.41) is -7.85. The first-order valence-electron chi connectivity index (χ1n) is 6.25. The van der Waals surface area contributed by atoms with Crippen molar-refractivity contribution in [1.82, 2.24) is 0 Å². The molecule has 0 spiro atoms. The highest BCUT2D eigenvalue weighted by molar-refractivity contribution is 7.87. The lowest BCUT2D eigenvalue weighted by Crippen LogP contribution is -2.75. The van der Waals surface area contributed by atoms with Crippen LogP contribution in [-0.4, -0.2) is 66.7 Å². The maximum atomic E-state index is 13.2. The van der Waals surface area contributed by atoms with E-state index in [2.05, 4.69) is 0 Å². The van der Waals surface area contributed by atoms with Crippen LogP contribution in [0.4, 0.5) is 74.6 Å². The van der Waals surface area contributed by atoms with Crippen LogP contribution in [0.5, 0.6) is 0 Å². The second kappa shape index (κ2) is 7.35. The molecule has 0 aromatic rings. The predicted octanol–water partition coefficient (Wildman–Crippen LogP) is 4.82. The summed E-state index contributed by atoms with van der Waals surface area (Å²) in [5.41, 5.74) is 0. The predicted molar refractivity (Wildman–Crippen MR) is 58.2 cm³/mol. The van der Waals surface area contributed by atoms with Gasteiger partial charge < -0.3 is 0 Å². The van der Waals surface area contributed by atoms with Gasteiger partial charge in [0.05, 0.1) is 0 Å². The Kier molecular flexibility index (Phi) is 7.04. The summed E-state index contributed by atoms with van der Waals surface area (Å²) in [4.78, 5) is 0. The summed E-state index contributed by atoms with van der Waals surface area (Å²) >= 11 is 0. The molecule has 0 atom stereocenters. The van der Waals surface area contributed by atoms with Gasteiger partial charge in [0.15, 0.2) is 6.86 Å². The van der Waals surface area contributed by atoms with Gasteiger partial charge in [-0.3, -0.25) is 9.29 Å². The molecule has 0 aliphatic rings. The van der Waals surface area contributed by atoms with Gasteiger partial charge in [0.25, 0.3) is 0 Å². The van der Waals surface area contributed by atoms with Crippen LogP contribution >= 0.6 is 0 Å². The Bertz CT molecular complexity index is 772. The van der Waals surface area contributed by atoms with Crippen molar-refractivity contribution in [3.8, 4) is 0 Å². The molecule has 0 rings (SSSR count). The van der Waals surface area contributed by atoms with Crippen molar-refractivity contribution in [3.63, 3.8) is 0 Å². The fraction of sp³-hybridized carbons (Fsp3) is 1.00. The van der Waals surface area contributed by atoms with E-state index in [0.717, 1.165) is 0 Å². The molecule has 0 aliphatic carbocycles. The van der Waals surface area contributed by atoms with Gasteiger partial charge in [0.1, 0.15) is 0 Å². The van der Waals surface area contributed by atoms with Crippen LogP contribution in [0.15, 0.2) is 0 Å². The maximum Gasteiger partial charge on any atom is 0.438 e. The van der Waals surface area contributed by atoms with Crippen molar-refractivity contribution < 1.29 is 92.3 Å². The average Bonchev–Trinajstić information content (AvgIpc) is 2.52. The van der Waals surface area contributed by atoms with Crippen molar-refractivity contribution in [2.75, 3.05) is 6.86 Å². The molecule has 0 fully saturated rings. The second-order valence-electron chi connectivity index (χ2n) is 5.21. The Hall–Kier alpha value is -1.32. The number of alkyl halides is 17. The SMILES string of the molecule is O=S(=O)(O)C(F)(F)C(F)(F)C(F)(F)C(F)(F)C(F)(F)C(F)(F)C(F)(F)C(F)(F)OCF. The molecule has 0 aromatic heterocycles. The van der Waals surface area contributed by atoms with Gasteiger partial charge in [-0.15, -0.1) is 0 Å². The van der Waals surface area contributed by atoms with E-state index in [4.69, 9.17) is 4.55 Å². The lowest BCUT2D eigenvalue weighted by molar-refractivity contribution is -0.472. The highest BCUT2D eigenvalue weighted by Gasteiger charge is 2.96. The summed E-state index contributed by atoms with van der Waals surface area (Å²) in [5.74, 6) is -51.6. The molecule has 0 saturated heterocycles. The Morgan fingerprint density at radius 3 is 1.06 bits per heavy atom. The number of halogens is 17. The summed E-state index contributed by atoms with van der Waals surface area (Å²) in [6, 6.07) is 0. The monoisotopic (exact) mass is 530 g/mol. The van der Waals surface area contributed by atoms with Gasteiger partial charge in [-0.2, -0.15) is 78.7 Å². The highest BCUT2D eigenvalue weighted by atomic mass is 32.2. The van der Waals surface area contributed by atoms with Crippen LogP contribution in [0.3, 0.4) is 0 Å². The van der Waals surface area contributed by atoms with Crippen LogP contribution in [0.25, 0.3) is 0 Å². The fourth-order valence-electron chi connectivity index (χ4n) is 1.48. The third kappa shape index (κ3) is 3.66. The lowest BCUT2D eigenvalue weighted by atomic mass is 9.91. The van der Waals surface area contributed by atoms with E-state index in [1.807, 2.05) is 4.74 Å². The topological polar surface area (TPSA) is 63.6 Å². The number of hydrogen-bond acceptors (Lipinski definition) is 3. The summed E-state index contributed by atoms with van der Waals surface area (Å²) < 4.78 is 250. The van der Waals surface area contributed by atoms with Crippen molar-refractivity contribution >= 4 is 10.1 Å². The number of ether oxygens (including phenoxy) is 1. The summed E-state index contributed by atoms with van der Waals surface area (Å²) in [7, 11) is -7.90. The number of rotatable bonds is 10. The molecule has 188 valence electrons. The standard InChI is InChI=1S/C9H3F17O4S/c10-1-30-8(23,24)6(19,20)4(15,16)2(11,12)3(13,14)5(17,18)7(21,22)9(25,26)31(27,28)29/h1H2,(H,27,28,29). The van der Waals surface area contributed by atoms with E-state index in [0.29, 0.717) is 0 Å². The molecule has 0 heterocycles. The Balaban J connectivity index is 6.91. The Morgan fingerprint density at radius 2 is 0.806 bits per heavy atom. The van der Waals surface area contributed by atoms with E-state index < -0.39 is 63.9 Å². The van der Waals surface area contributed by atoms with Crippen LogP contribution in [-0.2, 0) is 14.9 Å². The second-order valence-corrected chi connectivity index (χ2v) is 6.67. The molecule has 0 aliphatic heterocycles. The van der Waals surface area contributed by atoms with Crippen molar-refractivity contribution in [1.29, 1.82) is 0 Å². The minimum atomic E-state index is -8.88. The van der Waals surface area contributed by atoms with Crippen molar-refractivity contribution in [3.05, 3.63) is 0 Å². The molecule has 0 amide bonds. The van der Waals surface area contributed by atoms with E-state index in [-0.39, 0.29) is 0 Å². The molecule has 31 heavy (non-hydrogen) atoms. The van der Waals surface area contributed by atoms with Crippen LogP contribution in [0, 0.1) is 0 Å². The van der Waals surface area contributed by atoms with E-state index in [1.54, 1.807) is 0 Å². The van der Waals surface area contributed by atoms with E-state index >= 15 is 0 Å². The minimum Gasteiger partial charge on any atom is -0.283 e. The largest absolute Gasteiger partial charge is 0.438 e. The lowest BCUT2D eigenvalue weighted by Gasteiger charge is -2.42. The molecule has 0 saturated carbocycles. The molecule has 1 N–H and O–H groups in total. The van der Waals surface area contributed by atoms with E-state index in [9.17, 15) is 83.1 Å².